The lowest BCUT2D eigenvalue weighted by molar-refractivity contribution is -0.385. The Morgan fingerprint density at radius 3 is 1.00 bits per heavy atom. The first-order valence-electron chi connectivity index (χ1n) is 9.63. The molecule has 0 saturated heterocycles. The van der Waals surface area contributed by atoms with Gasteiger partial charge in [0.1, 0.15) is 0 Å². The van der Waals surface area contributed by atoms with Gasteiger partial charge < -0.3 is 0 Å². The van der Waals surface area contributed by atoms with Gasteiger partial charge in [-0.2, -0.15) is 0 Å². The lowest BCUT2D eigenvalue weighted by Crippen LogP contribution is -2.24. The van der Waals surface area contributed by atoms with Crippen molar-refractivity contribution in [2.24, 2.45) is 0 Å². The molecule has 0 amide bonds. The van der Waals surface area contributed by atoms with Crippen molar-refractivity contribution < 1.29 is 9.85 Å². The van der Waals surface area contributed by atoms with Crippen molar-refractivity contribution in [2.75, 3.05) is 0 Å². The van der Waals surface area contributed by atoms with E-state index in [2.05, 4.69) is 0 Å². The largest absolute Gasteiger partial charge is 0.269 e. The number of nitro groups is 2. The highest BCUT2D eigenvalue weighted by molar-refractivity contribution is 5.98. The third-order valence-corrected chi connectivity index (χ3v) is 5.53. The lowest BCUT2D eigenvalue weighted by atomic mass is 10.1. The van der Waals surface area contributed by atoms with Crippen LogP contribution >= 0.6 is 0 Å². The van der Waals surface area contributed by atoms with Gasteiger partial charge in [0.2, 0.25) is 0 Å². The molecule has 5 rings (SSSR count). The Morgan fingerprint density at radius 2 is 0.765 bits per heavy atom. The van der Waals surface area contributed by atoms with Crippen LogP contribution in [-0.2, 0) is 0 Å². The van der Waals surface area contributed by atoms with Gasteiger partial charge in [0, 0.05) is 24.3 Å². The van der Waals surface area contributed by atoms with Crippen LogP contribution in [-0.4, -0.2) is 19.0 Å². The van der Waals surface area contributed by atoms with E-state index >= 15 is 0 Å². The fraction of sp³-hybridized carbons (Fsp3) is 0. The summed E-state index contributed by atoms with van der Waals surface area (Å²) in [5.74, 6) is 0. The van der Waals surface area contributed by atoms with E-state index in [4.69, 9.17) is 0 Å². The molecule has 0 radical (unpaired) electrons. The van der Waals surface area contributed by atoms with Crippen LogP contribution in [0.3, 0.4) is 0 Å². The standard InChI is InChI=1S/C22H10N4O8/c27-19-15-9-17-18(22(30)24(21(17)29)12-3-7-14(8-4-12)26(33)34)10-16(15)20(28)23(19)11-1-5-13(6-2-11)25(31)32/h1-10H. The summed E-state index contributed by atoms with van der Waals surface area (Å²) in [5, 5.41) is 21.3. The van der Waals surface area contributed by atoms with Gasteiger partial charge >= 0.3 is 0 Å². The predicted molar refractivity (Wildman–Crippen MR) is 121 cm³/mol. The smallest absolute Gasteiger partial charge is 0.268 e. The van der Waals surface area contributed by atoms with Crippen LogP contribution in [0, 0.1) is 20.2 Å². The van der Waals surface area contributed by atoms with Crippen LogP contribution in [0.4, 0.5) is 11.4 Å². The van der Waals surface area contributed by atoms with Crippen LogP contribution in [0.5, 0.6) is 0 Å². The zero-order valence-corrected chi connectivity index (χ0v) is 16.8. The van der Waals surface area contributed by atoms with E-state index in [0.717, 1.165) is 33.4 Å². The van der Waals surface area contributed by atoms with E-state index in [1.165, 1.54) is 36.4 Å². The highest BCUT2D eigenvalue weighted by atomic mass is 16.6. The molecule has 5 aromatic rings. The Kier molecular flexibility index (Phi) is 4.33. The van der Waals surface area contributed by atoms with Crippen molar-refractivity contribution in [3.05, 3.63) is 122 Å². The van der Waals surface area contributed by atoms with E-state index in [9.17, 15) is 39.4 Å². The van der Waals surface area contributed by atoms with Crippen molar-refractivity contribution in [1.82, 2.24) is 9.13 Å². The third-order valence-electron chi connectivity index (χ3n) is 5.53. The summed E-state index contributed by atoms with van der Waals surface area (Å²) in [6, 6.07) is 11.9. The highest BCUT2D eigenvalue weighted by Gasteiger charge is 2.21. The van der Waals surface area contributed by atoms with Gasteiger partial charge in [0.05, 0.1) is 42.8 Å². The Hall–Kier alpha value is -5.26. The summed E-state index contributed by atoms with van der Waals surface area (Å²) < 4.78 is 1.62. The van der Waals surface area contributed by atoms with E-state index in [0.29, 0.717) is 0 Å². The fourth-order valence-corrected chi connectivity index (χ4v) is 3.89. The Morgan fingerprint density at radius 1 is 0.500 bits per heavy atom. The van der Waals surface area contributed by atoms with Crippen LogP contribution in [0.15, 0.2) is 79.8 Å². The normalized spacial score (nSPS) is 11.3. The molecule has 2 heterocycles. The Labute approximate surface area is 186 Å². The molecule has 0 bridgehead atoms. The fourth-order valence-electron chi connectivity index (χ4n) is 3.89. The Bertz CT molecular complexity index is 1660. The molecule has 34 heavy (non-hydrogen) atoms. The van der Waals surface area contributed by atoms with Crippen LogP contribution < -0.4 is 22.2 Å². The van der Waals surface area contributed by atoms with Gasteiger partial charge in [-0.05, 0) is 36.4 Å². The molecular weight excluding hydrogens is 448 g/mol. The zero-order valence-electron chi connectivity index (χ0n) is 16.8. The van der Waals surface area contributed by atoms with Gasteiger partial charge in [-0.3, -0.25) is 39.4 Å². The minimum Gasteiger partial charge on any atom is -0.268 e. The second-order valence-corrected chi connectivity index (χ2v) is 7.38. The van der Waals surface area contributed by atoms with Crippen molar-refractivity contribution in [3.63, 3.8) is 0 Å². The number of fused-ring (bicyclic) bond motifs is 2. The summed E-state index contributed by atoms with van der Waals surface area (Å²) in [7, 11) is 0. The summed E-state index contributed by atoms with van der Waals surface area (Å²) in [4.78, 5) is 72.3. The molecule has 0 aliphatic heterocycles. The van der Waals surface area contributed by atoms with E-state index in [1.54, 1.807) is 0 Å². The molecule has 12 heteroatoms. The lowest BCUT2D eigenvalue weighted by Gasteiger charge is -1.99. The average molecular weight is 458 g/mol. The molecule has 0 spiro atoms. The van der Waals surface area contributed by atoms with Gasteiger partial charge in [-0.25, -0.2) is 9.13 Å². The molecule has 2 aromatic heterocycles. The summed E-state index contributed by atoms with van der Waals surface area (Å²) >= 11 is 0. The van der Waals surface area contributed by atoms with E-state index < -0.39 is 32.1 Å². The van der Waals surface area contributed by atoms with Crippen LogP contribution in [0.2, 0.25) is 0 Å². The van der Waals surface area contributed by atoms with Gasteiger partial charge in [0.15, 0.2) is 0 Å². The number of rotatable bonds is 4. The minimum atomic E-state index is -0.745. The van der Waals surface area contributed by atoms with Crippen LogP contribution in [0.25, 0.3) is 32.9 Å². The maximum absolute atomic E-state index is 13.0. The molecule has 12 nitrogen and oxygen atoms in total. The van der Waals surface area contributed by atoms with Crippen LogP contribution in [0.1, 0.15) is 0 Å². The molecule has 0 aliphatic carbocycles. The molecular formula is C22H10N4O8. The zero-order chi connectivity index (χ0) is 24.3. The van der Waals surface area contributed by atoms with E-state index in [-0.39, 0.29) is 44.3 Å². The third kappa shape index (κ3) is 2.86. The second-order valence-electron chi connectivity index (χ2n) is 7.38. The summed E-state index contributed by atoms with van der Waals surface area (Å²) in [5.41, 5.74) is -3.22. The molecule has 3 aromatic carbocycles. The molecule has 0 saturated carbocycles. The first-order valence-corrected chi connectivity index (χ1v) is 9.63. The van der Waals surface area contributed by atoms with Gasteiger partial charge in [-0.1, -0.05) is 0 Å². The Balaban J connectivity index is 1.73. The van der Waals surface area contributed by atoms with Crippen molar-refractivity contribution in [2.45, 2.75) is 0 Å². The number of benzene rings is 3. The average Bonchev–Trinajstić information content (AvgIpc) is 3.22. The number of nitrogens with zero attached hydrogens (tertiary/aromatic N) is 4. The predicted octanol–water partition coefficient (Wildman–Crippen LogP) is 1.71. The molecule has 0 N–H and O–H groups in total. The SMILES string of the molecule is O=c1c2cc3c(=O)n(-c4ccc([N+](=O)[O-])cc4)c(=O)c3cc2c(=O)n1-c1ccc([N+](=O)[O-])cc1. The quantitative estimate of drug-likeness (QED) is 0.290. The van der Waals surface area contributed by atoms with Gasteiger partial charge in [-0.15, -0.1) is 0 Å². The van der Waals surface area contributed by atoms with Crippen molar-refractivity contribution in [3.8, 4) is 11.4 Å². The summed E-state index contributed by atoms with van der Waals surface area (Å²) in [6.45, 7) is 0. The maximum atomic E-state index is 13.0. The van der Waals surface area contributed by atoms with Crippen molar-refractivity contribution in [1.29, 1.82) is 0 Å². The first kappa shape index (κ1) is 20.6. The number of hydrogen-bond donors (Lipinski definition) is 0. The first-order chi connectivity index (χ1) is 16.2. The topological polar surface area (TPSA) is 164 Å². The molecule has 0 atom stereocenters. The molecule has 166 valence electrons. The number of nitro benzene ring substituents is 2. The number of non-ortho nitro benzene ring substituents is 2. The van der Waals surface area contributed by atoms with Gasteiger partial charge in [0.25, 0.3) is 33.6 Å². The molecule has 0 unspecified atom stereocenters. The molecule has 0 fully saturated rings. The monoisotopic (exact) mass is 458 g/mol. The van der Waals surface area contributed by atoms with Crippen molar-refractivity contribution >= 4 is 32.9 Å². The number of hydrogen-bond acceptors (Lipinski definition) is 8. The number of aromatic nitrogens is 2. The van der Waals surface area contributed by atoms with E-state index in [1.807, 2.05) is 0 Å². The minimum absolute atomic E-state index is 0.0891. The maximum Gasteiger partial charge on any atom is 0.269 e. The molecule has 0 aliphatic rings. The highest BCUT2D eigenvalue weighted by Crippen LogP contribution is 2.19. The second kappa shape index (κ2) is 7.13. The summed E-state index contributed by atoms with van der Waals surface area (Å²) in [6.07, 6.45) is 0.